The van der Waals surface area contributed by atoms with Crippen molar-refractivity contribution in [1.29, 1.82) is 0 Å². The molecule has 7 nitrogen and oxygen atoms in total. The van der Waals surface area contributed by atoms with E-state index < -0.39 is 12.4 Å². The molecular formula is C19H27NO6S. The zero-order chi connectivity index (χ0) is 19.8. The molecule has 0 aliphatic carbocycles. The van der Waals surface area contributed by atoms with Crippen LogP contribution in [0.3, 0.4) is 0 Å². The Labute approximate surface area is 164 Å². The molecule has 1 amide bonds. The third-order valence-electron chi connectivity index (χ3n) is 4.15. The van der Waals surface area contributed by atoms with E-state index in [9.17, 15) is 9.59 Å². The molecular weight excluding hydrogens is 370 g/mol. The molecule has 0 saturated heterocycles. The van der Waals surface area contributed by atoms with Crippen LogP contribution in [0.25, 0.3) is 0 Å². The predicted molar refractivity (Wildman–Crippen MR) is 103 cm³/mol. The van der Waals surface area contributed by atoms with E-state index >= 15 is 0 Å². The third kappa shape index (κ3) is 6.23. The molecule has 150 valence electrons. The van der Waals surface area contributed by atoms with Gasteiger partial charge < -0.3 is 23.8 Å². The fourth-order valence-corrected chi connectivity index (χ4v) is 3.17. The Balaban J connectivity index is 1.88. The van der Waals surface area contributed by atoms with E-state index in [2.05, 4.69) is 0 Å². The minimum atomic E-state index is -0.918. The molecule has 2 atom stereocenters. The van der Waals surface area contributed by atoms with Gasteiger partial charge in [0.1, 0.15) is 0 Å². The van der Waals surface area contributed by atoms with E-state index in [0.717, 1.165) is 17.1 Å². The normalized spacial score (nSPS) is 14.4. The number of thioether (sulfide) groups is 1. The number of hydrogen-bond acceptors (Lipinski definition) is 7. The van der Waals surface area contributed by atoms with Crippen molar-refractivity contribution in [1.82, 2.24) is 4.90 Å². The summed E-state index contributed by atoms with van der Waals surface area (Å²) in [5.41, 5.74) is 1.04. The summed E-state index contributed by atoms with van der Waals surface area (Å²) < 4.78 is 21.1. The Hall–Kier alpha value is -2.09. The first-order valence-corrected chi connectivity index (χ1v) is 10.4. The van der Waals surface area contributed by atoms with Gasteiger partial charge in [-0.25, -0.2) is 4.79 Å². The van der Waals surface area contributed by atoms with Gasteiger partial charge in [-0.1, -0.05) is 6.07 Å². The van der Waals surface area contributed by atoms with Crippen LogP contribution in [0.5, 0.6) is 11.5 Å². The second-order valence-corrected chi connectivity index (χ2v) is 7.20. The fourth-order valence-electron chi connectivity index (χ4n) is 2.80. The number of rotatable bonds is 9. The molecule has 0 saturated carbocycles. The molecule has 1 aliphatic heterocycles. The SMILES string of the molecule is CCN(C(=O)OC(C)OC(=O)CCSC)C(C)Cc1ccc2c(c1)OCO2. The van der Waals surface area contributed by atoms with Crippen LogP contribution < -0.4 is 9.47 Å². The first-order chi connectivity index (χ1) is 12.9. The highest BCUT2D eigenvalue weighted by Crippen LogP contribution is 2.33. The van der Waals surface area contributed by atoms with Gasteiger partial charge in [0.25, 0.3) is 0 Å². The van der Waals surface area contributed by atoms with Crippen molar-refractivity contribution in [2.75, 3.05) is 25.3 Å². The van der Waals surface area contributed by atoms with E-state index in [1.165, 1.54) is 0 Å². The number of carbonyl (C=O) groups is 2. The lowest BCUT2D eigenvalue weighted by molar-refractivity contribution is -0.165. The Morgan fingerprint density at radius 1 is 1.22 bits per heavy atom. The summed E-state index contributed by atoms with van der Waals surface area (Å²) in [4.78, 5) is 25.7. The summed E-state index contributed by atoms with van der Waals surface area (Å²) in [6.45, 7) is 6.09. The number of nitrogens with zero attached hydrogens (tertiary/aromatic N) is 1. The van der Waals surface area contributed by atoms with Gasteiger partial charge in [0.2, 0.25) is 13.1 Å². The third-order valence-corrected chi connectivity index (χ3v) is 4.76. The maximum Gasteiger partial charge on any atom is 0.413 e. The molecule has 0 bridgehead atoms. The predicted octanol–water partition coefficient (Wildman–Crippen LogP) is 3.45. The van der Waals surface area contributed by atoms with Gasteiger partial charge in [0.15, 0.2) is 11.5 Å². The van der Waals surface area contributed by atoms with E-state index in [1.54, 1.807) is 23.6 Å². The van der Waals surface area contributed by atoms with Crippen LogP contribution >= 0.6 is 11.8 Å². The summed E-state index contributed by atoms with van der Waals surface area (Å²) in [5.74, 6) is 1.75. The number of hydrogen-bond donors (Lipinski definition) is 0. The van der Waals surface area contributed by atoms with Crippen molar-refractivity contribution in [3.05, 3.63) is 23.8 Å². The lowest BCUT2D eigenvalue weighted by Crippen LogP contribution is -2.41. The number of fused-ring (bicyclic) bond motifs is 1. The minimum absolute atomic E-state index is 0.0951. The summed E-state index contributed by atoms with van der Waals surface area (Å²) >= 11 is 1.56. The minimum Gasteiger partial charge on any atom is -0.454 e. The highest BCUT2D eigenvalue weighted by Gasteiger charge is 2.24. The van der Waals surface area contributed by atoms with Gasteiger partial charge in [-0.05, 0) is 44.2 Å². The second kappa shape index (κ2) is 10.3. The maximum absolute atomic E-state index is 12.5. The van der Waals surface area contributed by atoms with Crippen molar-refractivity contribution < 1.29 is 28.5 Å². The summed E-state index contributed by atoms with van der Waals surface area (Å²) in [7, 11) is 0. The van der Waals surface area contributed by atoms with Crippen LogP contribution in [0.4, 0.5) is 4.79 Å². The number of carbonyl (C=O) groups excluding carboxylic acids is 2. The van der Waals surface area contributed by atoms with Crippen molar-refractivity contribution in [3.8, 4) is 11.5 Å². The molecule has 1 heterocycles. The number of likely N-dealkylation sites (N-methyl/N-ethyl adjacent to an activating group) is 1. The van der Waals surface area contributed by atoms with Crippen LogP contribution in [0.15, 0.2) is 18.2 Å². The largest absolute Gasteiger partial charge is 0.454 e. The lowest BCUT2D eigenvalue weighted by Gasteiger charge is -2.28. The standard InChI is InChI=1S/C19H27NO6S/c1-5-20(19(22)26-14(3)25-18(21)8-9-27-4)13(2)10-15-6-7-16-17(11-15)24-12-23-16/h6-7,11,13-14H,5,8-10,12H2,1-4H3. The zero-order valence-electron chi connectivity index (χ0n) is 16.2. The number of amides is 1. The molecule has 0 radical (unpaired) electrons. The van der Waals surface area contributed by atoms with E-state index in [0.29, 0.717) is 25.1 Å². The average Bonchev–Trinajstić information content (AvgIpc) is 3.08. The van der Waals surface area contributed by atoms with Crippen molar-refractivity contribution in [2.45, 2.75) is 45.9 Å². The van der Waals surface area contributed by atoms with Crippen LogP contribution in [0, 0.1) is 0 Å². The number of ether oxygens (including phenoxy) is 4. The monoisotopic (exact) mass is 397 g/mol. The first-order valence-electron chi connectivity index (χ1n) is 8.98. The highest BCUT2D eigenvalue weighted by atomic mass is 32.2. The maximum atomic E-state index is 12.5. The van der Waals surface area contributed by atoms with Gasteiger partial charge >= 0.3 is 12.1 Å². The Kier molecular flexibility index (Phi) is 8.09. The quantitative estimate of drug-likeness (QED) is 0.467. The fraction of sp³-hybridized carbons (Fsp3) is 0.579. The lowest BCUT2D eigenvalue weighted by atomic mass is 10.1. The topological polar surface area (TPSA) is 74.3 Å². The van der Waals surface area contributed by atoms with Gasteiger partial charge in [-0.3, -0.25) is 4.79 Å². The van der Waals surface area contributed by atoms with Gasteiger partial charge in [-0.15, -0.1) is 0 Å². The number of benzene rings is 1. The molecule has 0 aromatic heterocycles. The highest BCUT2D eigenvalue weighted by molar-refractivity contribution is 7.98. The first kappa shape index (κ1) is 21.2. The molecule has 0 spiro atoms. The Morgan fingerprint density at radius 3 is 2.67 bits per heavy atom. The summed E-state index contributed by atoms with van der Waals surface area (Å²) in [6, 6.07) is 5.66. The van der Waals surface area contributed by atoms with Crippen LogP contribution in [-0.2, 0) is 20.7 Å². The molecule has 27 heavy (non-hydrogen) atoms. The van der Waals surface area contributed by atoms with E-state index in [4.69, 9.17) is 18.9 Å². The van der Waals surface area contributed by atoms with Gasteiger partial charge in [0.05, 0.1) is 6.42 Å². The van der Waals surface area contributed by atoms with E-state index in [1.807, 2.05) is 38.3 Å². The molecule has 8 heteroatoms. The van der Waals surface area contributed by atoms with Crippen molar-refractivity contribution >= 4 is 23.8 Å². The van der Waals surface area contributed by atoms with Gasteiger partial charge in [-0.2, -0.15) is 11.8 Å². The summed E-state index contributed by atoms with van der Waals surface area (Å²) in [5, 5.41) is 0. The molecule has 2 unspecified atom stereocenters. The van der Waals surface area contributed by atoms with Crippen LogP contribution in [0.2, 0.25) is 0 Å². The van der Waals surface area contributed by atoms with Crippen LogP contribution in [-0.4, -0.2) is 54.6 Å². The molecule has 2 rings (SSSR count). The smallest absolute Gasteiger partial charge is 0.413 e. The Morgan fingerprint density at radius 2 is 1.96 bits per heavy atom. The number of esters is 1. The molecule has 1 aromatic carbocycles. The van der Waals surface area contributed by atoms with Gasteiger partial charge in [0, 0.05) is 25.3 Å². The van der Waals surface area contributed by atoms with Crippen molar-refractivity contribution in [2.24, 2.45) is 0 Å². The molecule has 1 aromatic rings. The second-order valence-electron chi connectivity index (χ2n) is 6.21. The average molecular weight is 397 g/mol. The zero-order valence-corrected chi connectivity index (χ0v) is 17.0. The molecule has 1 aliphatic rings. The molecule has 0 N–H and O–H groups in total. The van der Waals surface area contributed by atoms with Crippen molar-refractivity contribution in [3.63, 3.8) is 0 Å². The van der Waals surface area contributed by atoms with Crippen LogP contribution in [0.1, 0.15) is 32.8 Å². The molecule has 0 fully saturated rings. The summed E-state index contributed by atoms with van der Waals surface area (Å²) in [6.07, 6.45) is 1.43. The Bertz CT molecular complexity index is 653. The van der Waals surface area contributed by atoms with E-state index in [-0.39, 0.29) is 18.8 Å².